The van der Waals surface area contributed by atoms with Crippen LogP contribution in [0.25, 0.3) is 0 Å². The molecule has 0 bridgehead atoms. The van der Waals surface area contributed by atoms with Crippen LogP contribution in [0.1, 0.15) is 36.5 Å². The topological polar surface area (TPSA) is 41.6 Å². The largest absolute Gasteiger partial charge is 0.370 e. The number of benzene rings is 1. The summed E-state index contributed by atoms with van der Waals surface area (Å²) in [5, 5.41) is 0. The highest BCUT2D eigenvalue weighted by Crippen LogP contribution is 2.15. The molecule has 1 aliphatic rings. The average Bonchev–Trinajstić information content (AvgIpc) is 2.38. The van der Waals surface area contributed by atoms with E-state index in [1.165, 1.54) is 29.5 Å². The number of nitrogens with zero attached hydrogens (tertiary/aromatic N) is 2. The highest BCUT2D eigenvalue weighted by atomic mass is 127. The molecule has 0 radical (unpaired) electrons. The van der Waals surface area contributed by atoms with E-state index in [2.05, 4.69) is 48.9 Å². The maximum atomic E-state index is 6.09. The number of aryl methyl sites for hydroxylation is 2. The summed E-state index contributed by atoms with van der Waals surface area (Å²) in [7, 11) is 0. The van der Waals surface area contributed by atoms with Crippen molar-refractivity contribution in [2.24, 2.45) is 16.6 Å². The fourth-order valence-electron chi connectivity index (χ4n) is 2.85. The van der Waals surface area contributed by atoms with Crippen molar-refractivity contribution in [1.82, 2.24) is 4.90 Å². The highest BCUT2D eigenvalue weighted by Gasteiger charge is 2.16. The molecule has 1 aromatic carbocycles. The molecule has 2 N–H and O–H groups in total. The minimum absolute atomic E-state index is 0. The zero-order chi connectivity index (χ0) is 14.5. The first-order chi connectivity index (χ1) is 9.54. The van der Waals surface area contributed by atoms with Gasteiger partial charge in [-0.1, -0.05) is 36.2 Å². The van der Waals surface area contributed by atoms with E-state index >= 15 is 0 Å². The zero-order valence-electron chi connectivity index (χ0n) is 13.4. The zero-order valence-corrected chi connectivity index (χ0v) is 15.8. The molecule has 0 aliphatic carbocycles. The third-order valence-corrected chi connectivity index (χ3v) is 4.06. The van der Waals surface area contributed by atoms with Gasteiger partial charge < -0.3 is 10.6 Å². The van der Waals surface area contributed by atoms with Crippen molar-refractivity contribution in [3.63, 3.8) is 0 Å². The number of likely N-dealkylation sites (tertiary alicyclic amines) is 1. The Kier molecular flexibility index (Phi) is 7.49. The molecule has 0 unspecified atom stereocenters. The van der Waals surface area contributed by atoms with E-state index in [4.69, 9.17) is 5.73 Å². The van der Waals surface area contributed by atoms with Gasteiger partial charge in [0.25, 0.3) is 0 Å². The summed E-state index contributed by atoms with van der Waals surface area (Å²) >= 11 is 0. The quantitative estimate of drug-likeness (QED) is 0.479. The van der Waals surface area contributed by atoms with Crippen LogP contribution < -0.4 is 5.73 Å². The van der Waals surface area contributed by atoms with Gasteiger partial charge in [0.2, 0.25) is 0 Å². The summed E-state index contributed by atoms with van der Waals surface area (Å²) in [6, 6.07) is 6.68. The lowest BCUT2D eigenvalue weighted by atomic mass is 10.00. The van der Waals surface area contributed by atoms with E-state index in [1.807, 2.05) is 0 Å². The summed E-state index contributed by atoms with van der Waals surface area (Å²) in [6.07, 6.45) is 3.42. The normalized spacial score (nSPS) is 16.7. The lowest BCUT2D eigenvalue weighted by Gasteiger charge is -2.31. The number of piperidine rings is 1. The Balaban J connectivity index is 0.00000220. The van der Waals surface area contributed by atoms with Crippen LogP contribution in [0.3, 0.4) is 0 Å². The van der Waals surface area contributed by atoms with Gasteiger partial charge in [0.1, 0.15) is 0 Å². The van der Waals surface area contributed by atoms with Crippen LogP contribution in [-0.4, -0.2) is 30.5 Å². The lowest BCUT2D eigenvalue weighted by molar-refractivity contribution is 0.277. The third kappa shape index (κ3) is 5.85. The fourth-order valence-corrected chi connectivity index (χ4v) is 2.85. The monoisotopic (exact) mass is 401 g/mol. The Morgan fingerprint density at radius 3 is 2.33 bits per heavy atom. The standard InChI is InChI=1S/C17H27N3.HI/c1-13-5-8-20(9-6-13)17(18)19-7-4-16-11-14(2)10-15(3)12-16;/h10-13H,4-9H2,1-3H3,(H2,18,19);1H. The Labute approximate surface area is 146 Å². The number of hydrogen-bond donors (Lipinski definition) is 1. The number of halogens is 1. The van der Waals surface area contributed by atoms with Gasteiger partial charge in [-0.15, -0.1) is 24.0 Å². The molecule has 1 aliphatic heterocycles. The molecule has 1 aromatic rings. The van der Waals surface area contributed by atoms with Gasteiger partial charge in [-0.3, -0.25) is 4.99 Å². The van der Waals surface area contributed by atoms with Crippen molar-refractivity contribution >= 4 is 29.9 Å². The van der Waals surface area contributed by atoms with Crippen LogP contribution in [0, 0.1) is 19.8 Å². The minimum Gasteiger partial charge on any atom is -0.370 e. The van der Waals surface area contributed by atoms with Gasteiger partial charge in [-0.25, -0.2) is 0 Å². The molecule has 0 atom stereocenters. The van der Waals surface area contributed by atoms with E-state index in [0.29, 0.717) is 0 Å². The van der Waals surface area contributed by atoms with Gasteiger partial charge in [0.05, 0.1) is 0 Å². The summed E-state index contributed by atoms with van der Waals surface area (Å²) in [6.45, 7) is 9.48. The van der Waals surface area contributed by atoms with Crippen molar-refractivity contribution in [2.75, 3.05) is 19.6 Å². The highest BCUT2D eigenvalue weighted by molar-refractivity contribution is 14.0. The second-order valence-corrected chi connectivity index (χ2v) is 6.16. The molecular formula is C17H28IN3. The summed E-state index contributed by atoms with van der Waals surface area (Å²) < 4.78 is 0. The second-order valence-electron chi connectivity index (χ2n) is 6.16. The van der Waals surface area contributed by atoms with E-state index in [1.54, 1.807) is 0 Å². The van der Waals surface area contributed by atoms with E-state index in [-0.39, 0.29) is 24.0 Å². The van der Waals surface area contributed by atoms with Crippen LogP contribution in [0.2, 0.25) is 0 Å². The van der Waals surface area contributed by atoms with Crippen molar-refractivity contribution in [3.8, 4) is 0 Å². The molecule has 0 aromatic heterocycles. The Morgan fingerprint density at radius 1 is 1.19 bits per heavy atom. The van der Waals surface area contributed by atoms with Crippen molar-refractivity contribution < 1.29 is 0 Å². The van der Waals surface area contributed by atoms with Crippen LogP contribution in [0.5, 0.6) is 0 Å². The molecule has 3 nitrogen and oxygen atoms in total. The van der Waals surface area contributed by atoms with Crippen LogP contribution >= 0.6 is 24.0 Å². The molecule has 118 valence electrons. The maximum Gasteiger partial charge on any atom is 0.191 e. The van der Waals surface area contributed by atoms with Crippen LogP contribution in [0.15, 0.2) is 23.2 Å². The summed E-state index contributed by atoms with van der Waals surface area (Å²) in [5.41, 5.74) is 10.1. The molecule has 2 rings (SSSR count). The Bertz CT molecular complexity index is 457. The molecular weight excluding hydrogens is 373 g/mol. The molecule has 1 fully saturated rings. The Hall–Kier alpha value is -0.780. The van der Waals surface area contributed by atoms with Crippen molar-refractivity contribution in [2.45, 2.75) is 40.0 Å². The minimum atomic E-state index is 0. The number of hydrogen-bond acceptors (Lipinski definition) is 1. The predicted molar refractivity (Wildman–Crippen MR) is 101 cm³/mol. The van der Waals surface area contributed by atoms with Crippen LogP contribution in [0.4, 0.5) is 0 Å². The van der Waals surface area contributed by atoms with Crippen molar-refractivity contribution in [1.29, 1.82) is 0 Å². The molecule has 4 heteroatoms. The first-order valence-corrected chi connectivity index (χ1v) is 7.66. The fraction of sp³-hybridized carbons (Fsp3) is 0.588. The molecule has 1 heterocycles. The Morgan fingerprint density at radius 2 is 1.76 bits per heavy atom. The van der Waals surface area contributed by atoms with Gasteiger partial charge >= 0.3 is 0 Å². The molecule has 0 saturated carbocycles. The first kappa shape index (κ1) is 18.3. The molecule has 1 saturated heterocycles. The van der Waals surface area contributed by atoms with Gasteiger partial charge in [-0.2, -0.15) is 0 Å². The smallest absolute Gasteiger partial charge is 0.191 e. The number of rotatable bonds is 3. The molecule has 0 amide bonds. The third-order valence-electron chi connectivity index (χ3n) is 4.06. The predicted octanol–water partition coefficient (Wildman–Crippen LogP) is 3.51. The summed E-state index contributed by atoms with van der Waals surface area (Å²) in [4.78, 5) is 6.77. The average molecular weight is 401 g/mol. The maximum absolute atomic E-state index is 6.09. The first-order valence-electron chi connectivity index (χ1n) is 7.66. The van der Waals surface area contributed by atoms with Crippen LogP contribution in [-0.2, 0) is 6.42 Å². The van der Waals surface area contributed by atoms with Gasteiger partial charge in [0.15, 0.2) is 5.96 Å². The van der Waals surface area contributed by atoms with E-state index in [0.717, 1.165) is 37.9 Å². The molecule has 21 heavy (non-hydrogen) atoms. The number of nitrogens with two attached hydrogens (primary N) is 1. The van der Waals surface area contributed by atoms with E-state index in [9.17, 15) is 0 Å². The van der Waals surface area contributed by atoms with Gasteiger partial charge in [0, 0.05) is 19.6 Å². The lowest BCUT2D eigenvalue weighted by Crippen LogP contribution is -2.42. The second kappa shape index (κ2) is 8.61. The molecule has 0 spiro atoms. The number of guanidine groups is 1. The van der Waals surface area contributed by atoms with Gasteiger partial charge in [-0.05, 0) is 44.6 Å². The number of aliphatic imine (C=N–C) groups is 1. The van der Waals surface area contributed by atoms with Crippen molar-refractivity contribution in [3.05, 3.63) is 34.9 Å². The summed E-state index contributed by atoms with van der Waals surface area (Å²) in [5.74, 6) is 1.55. The van der Waals surface area contributed by atoms with E-state index < -0.39 is 0 Å². The SMILES string of the molecule is Cc1cc(C)cc(CCN=C(N)N2CCC(C)CC2)c1.I.